The van der Waals surface area contributed by atoms with Gasteiger partial charge in [-0.3, -0.25) is 4.79 Å². The van der Waals surface area contributed by atoms with E-state index >= 15 is 0 Å². The van der Waals surface area contributed by atoms with E-state index in [9.17, 15) is 13.6 Å². The van der Waals surface area contributed by atoms with E-state index in [2.05, 4.69) is 0 Å². The number of carbonyl (C=O) groups is 1. The molecule has 0 bridgehead atoms. The van der Waals surface area contributed by atoms with Crippen LogP contribution in [0.1, 0.15) is 30.9 Å². The standard InChI is InChI=1S/C14H18F2O4/c1-14(15,16)10-7-9(5-4-6-12(17)18)13(20-3)11(8-10)19-2/h7-8H,4-6H2,1-3H3,(H,17,18). The van der Waals surface area contributed by atoms with Gasteiger partial charge in [0.05, 0.1) is 14.2 Å². The van der Waals surface area contributed by atoms with Crippen molar-refractivity contribution in [2.75, 3.05) is 14.2 Å². The average molecular weight is 288 g/mol. The first-order chi connectivity index (χ1) is 9.29. The summed E-state index contributed by atoms with van der Waals surface area (Å²) in [5.41, 5.74) is 0.338. The summed E-state index contributed by atoms with van der Waals surface area (Å²) in [5, 5.41) is 8.63. The van der Waals surface area contributed by atoms with Gasteiger partial charge in [0.15, 0.2) is 11.5 Å². The molecule has 0 spiro atoms. The molecule has 0 amide bonds. The van der Waals surface area contributed by atoms with Crippen molar-refractivity contribution in [3.05, 3.63) is 23.3 Å². The van der Waals surface area contributed by atoms with Crippen molar-refractivity contribution in [3.63, 3.8) is 0 Å². The number of methoxy groups -OCH3 is 2. The average Bonchev–Trinajstić information content (AvgIpc) is 2.36. The van der Waals surface area contributed by atoms with Crippen molar-refractivity contribution in [2.45, 2.75) is 32.1 Å². The first kappa shape index (κ1) is 16.2. The second kappa shape index (κ2) is 6.54. The number of aryl methyl sites for hydroxylation is 1. The van der Waals surface area contributed by atoms with Gasteiger partial charge in [0.2, 0.25) is 0 Å². The lowest BCUT2D eigenvalue weighted by Gasteiger charge is -2.18. The lowest BCUT2D eigenvalue weighted by atomic mass is 10.0. The molecule has 0 saturated carbocycles. The molecule has 1 aromatic carbocycles. The Bertz CT molecular complexity index is 481. The number of ether oxygens (including phenoxy) is 2. The number of hydrogen-bond donors (Lipinski definition) is 1. The smallest absolute Gasteiger partial charge is 0.303 e. The topological polar surface area (TPSA) is 55.8 Å². The Balaban J connectivity index is 3.14. The van der Waals surface area contributed by atoms with Crippen LogP contribution in [0, 0.1) is 0 Å². The zero-order valence-electron chi connectivity index (χ0n) is 11.7. The Morgan fingerprint density at radius 3 is 2.40 bits per heavy atom. The second-order valence-electron chi connectivity index (χ2n) is 4.51. The van der Waals surface area contributed by atoms with Gasteiger partial charge in [-0.25, -0.2) is 8.78 Å². The van der Waals surface area contributed by atoms with Gasteiger partial charge in [-0.2, -0.15) is 0 Å². The highest BCUT2D eigenvalue weighted by molar-refractivity contribution is 5.66. The van der Waals surface area contributed by atoms with Gasteiger partial charge in [0.25, 0.3) is 5.92 Å². The highest BCUT2D eigenvalue weighted by Crippen LogP contribution is 2.38. The summed E-state index contributed by atoms with van der Waals surface area (Å²) in [6.45, 7) is 0.801. The molecule has 0 aromatic heterocycles. The number of alkyl halides is 2. The summed E-state index contributed by atoms with van der Waals surface area (Å²) >= 11 is 0. The zero-order valence-corrected chi connectivity index (χ0v) is 11.7. The molecule has 1 aromatic rings. The largest absolute Gasteiger partial charge is 0.493 e. The second-order valence-corrected chi connectivity index (χ2v) is 4.51. The molecule has 112 valence electrons. The number of rotatable bonds is 7. The van der Waals surface area contributed by atoms with Crippen molar-refractivity contribution in [1.82, 2.24) is 0 Å². The summed E-state index contributed by atoms with van der Waals surface area (Å²) < 4.78 is 37.1. The van der Waals surface area contributed by atoms with Crippen LogP contribution in [0.5, 0.6) is 11.5 Å². The lowest BCUT2D eigenvalue weighted by Crippen LogP contribution is -2.09. The molecular formula is C14H18F2O4. The predicted octanol–water partition coefficient (Wildman–Crippen LogP) is 3.22. The molecule has 0 fully saturated rings. The van der Waals surface area contributed by atoms with Crippen molar-refractivity contribution in [1.29, 1.82) is 0 Å². The highest BCUT2D eigenvalue weighted by atomic mass is 19.3. The lowest BCUT2D eigenvalue weighted by molar-refractivity contribution is -0.137. The fourth-order valence-corrected chi connectivity index (χ4v) is 1.91. The minimum Gasteiger partial charge on any atom is -0.493 e. The molecule has 0 radical (unpaired) electrons. The first-order valence-electron chi connectivity index (χ1n) is 6.14. The zero-order chi connectivity index (χ0) is 15.3. The third kappa shape index (κ3) is 4.08. The van der Waals surface area contributed by atoms with Gasteiger partial charge in [-0.05, 0) is 30.5 Å². The van der Waals surface area contributed by atoms with Crippen molar-refractivity contribution >= 4 is 5.97 Å². The summed E-state index contributed by atoms with van der Waals surface area (Å²) in [6.07, 6.45) is 0.640. The van der Waals surface area contributed by atoms with Crippen LogP contribution < -0.4 is 9.47 Å². The molecule has 6 heteroatoms. The van der Waals surface area contributed by atoms with Gasteiger partial charge < -0.3 is 14.6 Å². The molecule has 1 N–H and O–H groups in total. The minimum absolute atomic E-state index is 0.0295. The van der Waals surface area contributed by atoms with Gasteiger partial charge in [-0.1, -0.05) is 0 Å². The van der Waals surface area contributed by atoms with Crippen LogP contribution in [-0.4, -0.2) is 25.3 Å². The van der Waals surface area contributed by atoms with Crippen LogP contribution in [-0.2, 0) is 17.1 Å². The van der Waals surface area contributed by atoms with Crippen LogP contribution >= 0.6 is 0 Å². The predicted molar refractivity (Wildman–Crippen MR) is 69.7 cm³/mol. The van der Waals surface area contributed by atoms with Crippen molar-refractivity contribution in [2.24, 2.45) is 0 Å². The van der Waals surface area contributed by atoms with Crippen LogP contribution in [0.25, 0.3) is 0 Å². The highest BCUT2D eigenvalue weighted by Gasteiger charge is 2.27. The third-order valence-corrected chi connectivity index (χ3v) is 2.90. The SMILES string of the molecule is COc1cc(C(C)(F)F)cc(CCCC(=O)O)c1OC. The number of halogens is 2. The molecule has 0 atom stereocenters. The van der Waals surface area contributed by atoms with E-state index in [4.69, 9.17) is 14.6 Å². The van der Waals surface area contributed by atoms with E-state index in [-0.39, 0.29) is 17.7 Å². The molecule has 0 heterocycles. The third-order valence-electron chi connectivity index (χ3n) is 2.90. The van der Waals surface area contributed by atoms with E-state index in [1.807, 2.05) is 0 Å². The Morgan fingerprint density at radius 1 is 1.30 bits per heavy atom. The quantitative estimate of drug-likeness (QED) is 0.837. The van der Waals surface area contributed by atoms with Crippen LogP contribution in [0.3, 0.4) is 0 Å². The Labute approximate surface area is 116 Å². The Kier molecular flexibility index (Phi) is 5.30. The monoisotopic (exact) mass is 288 g/mol. The van der Waals surface area contributed by atoms with Crippen LogP contribution in [0.2, 0.25) is 0 Å². The number of hydrogen-bond acceptors (Lipinski definition) is 3. The molecule has 0 aliphatic carbocycles. The maximum Gasteiger partial charge on any atom is 0.303 e. The van der Waals surface area contributed by atoms with E-state index in [0.29, 0.717) is 24.2 Å². The van der Waals surface area contributed by atoms with Crippen LogP contribution in [0.4, 0.5) is 8.78 Å². The van der Waals surface area contributed by atoms with Crippen LogP contribution in [0.15, 0.2) is 12.1 Å². The summed E-state index contributed by atoms with van der Waals surface area (Å²) in [4.78, 5) is 10.5. The van der Waals surface area contributed by atoms with Gasteiger partial charge in [-0.15, -0.1) is 0 Å². The number of carboxylic acid groups (broad SMARTS) is 1. The maximum absolute atomic E-state index is 13.4. The Morgan fingerprint density at radius 2 is 1.95 bits per heavy atom. The van der Waals surface area contributed by atoms with Gasteiger partial charge in [0.1, 0.15) is 0 Å². The fraction of sp³-hybridized carbons (Fsp3) is 0.500. The first-order valence-corrected chi connectivity index (χ1v) is 6.14. The van der Waals surface area contributed by atoms with E-state index in [1.54, 1.807) is 0 Å². The molecule has 20 heavy (non-hydrogen) atoms. The molecule has 1 rings (SSSR count). The normalized spacial score (nSPS) is 11.2. The van der Waals surface area contributed by atoms with Crippen molar-refractivity contribution in [3.8, 4) is 11.5 Å². The summed E-state index contributed by atoms with van der Waals surface area (Å²) in [5.74, 6) is -3.34. The van der Waals surface area contributed by atoms with E-state index in [0.717, 1.165) is 6.92 Å². The molecule has 0 aliphatic heterocycles. The van der Waals surface area contributed by atoms with E-state index in [1.165, 1.54) is 26.4 Å². The number of benzene rings is 1. The molecular weight excluding hydrogens is 270 g/mol. The summed E-state index contributed by atoms with van der Waals surface area (Å²) in [7, 11) is 2.79. The fourth-order valence-electron chi connectivity index (χ4n) is 1.91. The summed E-state index contributed by atoms with van der Waals surface area (Å²) in [6, 6.07) is 2.57. The Hall–Kier alpha value is -1.85. The maximum atomic E-state index is 13.4. The number of aliphatic carboxylic acids is 1. The van der Waals surface area contributed by atoms with Crippen molar-refractivity contribution < 1.29 is 28.2 Å². The molecule has 0 aliphatic rings. The molecule has 4 nitrogen and oxygen atoms in total. The van der Waals surface area contributed by atoms with Gasteiger partial charge >= 0.3 is 5.97 Å². The minimum atomic E-state index is -3.00. The number of carboxylic acids is 1. The van der Waals surface area contributed by atoms with Gasteiger partial charge in [0, 0.05) is 18.9 Å². The van der Waals surface area contributed by atoms with E-state index < -0.39 is 11.9 Å². The molecule has 0 saturated heterocycles. The molecule has 0 unspecified atom stereocenters.